The number of benzene rings is 2. The zero-order valence-corrected chi connectivity index (χ0v) is 18.9. The van der Waals surface area contributed by atoms with E-state index in [2.05, 4.69) is 43.4 Å². The van der Waals surface area contributed by atoms with Gasteiger partial charge in [-0.1, -0.05) is 24.3 Å². The largest absolute Gasteiger partial charge is 0.497 e. The van der Waals surface area contributed by atoms with Gasteiger partial charge in [0.25, 0.3) is 0 Å². The third-order valence-corrected chi connectivity index (χ3v) is 4.56. The van der Waals surface area contributed by atoms with E-state index in [0.29, 0.717) is 0 Å². The Bertz CT molecular complexity index is 905. The standard InChI is InChI=1S/C21H27N5O.HI/c1-16-25-19-6-4-5-7-20(19)26(16)15-14-24-21(22-2)23-13-12-17-8-10-18(27-3)11-9-17;/h4-11H,12-15H2,1-3H3,(H2,22,23,24);1H. The first kappa shape index (κ1) is 22.0. The Hall–Kier alpha value is -2.29. The van der Waals surface area contributed by atoms with E-state index in [1.165, 1.54) is 11.1 Å². The lowest BCUT2D eigenvalue weighted by atomic mass is 10.1. The van der Waals surface area contributed by atoms with Crippen molar-refractivity contribution in [1.82, 2.24) is 20.2 Å². The van der Waals surface area contributed by atoms with Crippen molar-refractivity contribution in [2.24, 2.45) is 4.99 Å². The van der Waals surface area contributed by atoms with Gasteiger partial charge in [0.2, 0.25) is 0 Å². The smallest absolute Gasteiger partial charge is 0.191 e. The van der Waals surface area contributed by atoms with Crippen molar-refractivity contribution in [3.63, 3.8) is 0 Å². The van der Waals surface area contributed by atoms with Gasteiger partial charge in [-0.2, -0.15) is 0 Å². The van der Waals surface area contributed by atoms with Crippen LogP contribution in [-0.4, -0.2) is 42.8 Å². The van der Waals surface area contributed by atoms with Crippen molar-refractivity contribution >= 4 is 41.0 Å². The Labute approximate surface area is 183 Å². The van der Waals surface area contributed by atoms with Crippen molar-refractivity contribution in [3.8, 4) is 5.75 Å². The summed E-state index contributed by atoms with van der Waals surface area (Å²) in [6.07, 6.45) is 0.927. The molecular formula is C21H28IN5O. The molecule has 0 aliphatic heterocycles. The number of hydrogen-bond donors (Lipinski definition) is 2. The topological polar surface area (TPSA) is 63.5 Å². The fourth-order valence-electron chi connectivity index (χ4n) is 3.10. The van der Waals surface area contributed by atoms with Crippen molar-refractivity contribution < 1.29 is 4.74 Å². The number of halogens is 1. The molecule has 0 radical (unpaired) electrons. The van der Waals surface area contributed by atoms with Crippen LogP contribution in [0.5, 0.6) is 5.75 Å². The van der Waals surface area contributed by atoms with E-state index in [4.69, 9.17) is 4.74 Å². The van der Waals surface area contributed by atoms with Crippen molar-refractivity contribution in [1.29, 1.82) is 0 Å². The van der Waals surface area contributed by atoms with E-state index < -0.39 is 0 Å². The van der Waals surface area contributed by atoms with Crippen LogP contribution in [0.3, 0.4) is 0 Å². The van der Waals surface area contributed by atoms with Gasteiger partial charge in [0.1, 0.15) is 11.6 Å². The van der Waals surface area contributed by atoms with Crippen LogP contribution in [-0.2, 0) is 13.0 Å². The molecule has 3 aromatic rings. The molecule has 2 N–H and O–H groups in total. The summed E-state index contributed by atoms with van der Waals surface area (Å²) in [4.78, 5) is 8.91. The zero-order chi connectivity index (χ0) is 19.1. The number of fused-ring (bicyclic) bond motifs is 1. The van der Waals surface area contributed by atoms with Gasteiger partial charge in [0, 0.05) is 26.7 Å². The molecule has 0 spiro atoms. The monoisotopic (exact) mass is 493 g/mol. The van der Waals surface area contributed by atoms with Crippen LogP contribution in [0, 0.1) is 6.92 Å². The molecular weight excluding hydrogens is 465 g/mol. The summed E-state index contributed by atoms with van der Waals surface area (Å²) in [6, 6.07) is 16.4. The summed E-state index contributed by atoms with van der Waals surface area (Å²) in [7, 11) is 3.47. The first-order valence-corrected chi connectivity index (χ1v) is 9.20. The molecule has 0 unspecified atom stereocenters. The van der Waals surface area contributed by atoms with E-state index in [1.807, 2.05) is 37.3 Å². The van der Waals surface area contributed by atoms with Crippen LogP contribution < -0.4 is 15.4 Å². The van der Waals surface area contributed by atoms with E-state index in [-0.39, 0.29) is 24.0 Å². The molecule has 7 heteroatoms. The number of nitrogens with zero attached hydrogens (tertiary/aromatic N) is 3. The predicted octanol–water partition coefficient (Wildman–Crippen LogP) is 3.38. The van der Waals surface area contributed by atoms with E-state index in [9.17, 15) is 0 Å². The molecule has 1 heterocycles. The summed E-state index contributed by atoms with van der Waals surface area (Å²) in [6.45, 7) is 4.48. The molecule has 0 saturated carbocycles. The van der Waals surface area contributed by atoms with Gasteiger partial charge >= 0.3 is 0 Å². The molecule has 150 valence electrons. The summed E-state index contributed by atoms with van der Waals surface area (Å²) in [5, 5.41) is 6.74. The number of aliphatic imine (C=N–C) groups is 1. The SMILES string of the molecule is CN=C(NCCc1ccc(OC)cc1)NCCn1c(C)nc2ccccc21.I. The number of ether oxygens (including phenoxy) is 1. The molecule has 3 rings (SSSR count). The molecule has 0 fully saturated rings. The zero-order valence-electron chi connectivity index (χ0n) is 16.6. The minimum absolute atomic E-state index is 0. The fourth-order valence-corrected chi connectivity index (χ4v) is 3.10. The normalized spacial score (nSPS) is 11.2. The Morgan fingerprint density at radius 3 is 2.50 bits per heavy atom. The maximum Gasteiger partial charge on any atom is 0.191 e. The average Bonchev–Trinajstić information content (AvgIpc) is 3.02. The van der Waals surface area contributed by atoms with Gasteiger partial charge in [-0.15, -0.1) is 24.0 Å². The third-order valence-electron chi connectivity index (χ3n) is 4.56. The lowest BCUT2D eigenvalue weighted by Gasteiger charge is -2.13. The molecule has 0 saturated heterocycles. The quantitative estimate of drug-likeness (QED) is 0.301. The number of aromatic nitrogens is 2. The molecule has 1 aromatic heterocycles. The lowest BCUT2D eigenvalue weighted by Crippen LogP contribution is -2.39. The highest BCUT2D eigenvalue weighted by Crippen LogP contribution is 2.14. The van der Waals surface area contributed by atoms with Crippen LogP contribution >= 0.6 is 24.0 Å². The number of methoxy groups -OCH3 is 1. The maximum atomic E-state index is 5.19. The highest BCUT2D eigenvalue weighted by molar-refractivity contribution is 14.0. The Morgan fingerprint density at radius 2 is 1.79 bits per heavy atom. The Morgan fingerprint density at radius 1 is 1.07 bits per heavy atom. The lowest BCUT2D eigenvalue weighted by molar-refractivity contribution is 0.414. The number of rotatable bonds is 7. The second-order valence-corrected chi connectivity index (χ2v) is 6.32. The van der Waals surface area contributed by atoms with Gasteiger partial charge in [0.05, 0.1) is 18.1 Å². The second kappa shape index (κ2) is 10.9. The summed E-state index contributed by atoms with van der Waals surface area (Å²) < 4.78 is 7.42. The van der Waals surface area contributed by atoms with Crippen LogP contribution in [0.25, 0.3) is 11.0 Å². The van der Waals surface area contributed by atoms with Gasteiger partial charge in [-0.3, -0.25) is 4.99 Å². The van der Waals surface area contributed by atoms with Crippen molar-refractivity contribution in [2.45, 2.75) is 19.9 Å². The fraction of sp³-hybridized carbons (Fsp3) is 0.333. The molecule has 0 bridgehead atoms. The first-order chi connectivity index (χ1) is 13.2. The minimum Gasteiger partial charge on any atom is -0.497 e. The van der Waals surface area contributed by atoms with Gasteiger partial charge < -0.3 is 19.9 Å². The van der Waals surface area contributed by atoms with Crippen LogP contribution in [0.15, 0.2) is 53.5 Å². The van der Waals surface area contributed by atoms with Gasteiger partial charge in [-0.05, 0) is 43.2 Å². The average molecular weight is 493 g/mol. The number of nitrogens with one attached hydrogen (secondary N) is 2. The molecule has 0 aliphatic carbocycles. The maximum absolute atomic E-state index is 5.19. The first-order valence-electron chi connectivity index (χ1n) is 9.20. The Kier molecular flexibility index (Phi) is 8.56. The molecule has 0 atom stereocenters. The van der Waals surface area contributed by atoms with Gasteiger partial charge in [-0.25, -0.2) is 4.98 Å². The number of guanidine groups is 1. The number of para-hydroxylation sites is 2. The second-order valence-electron chi connectivity index (χ2n) is 6.32. The van der Waals surface area contributed by atoms with E-state index in [1.54, 1.807) is 14.2 Å². The number of imidazole rings is 1. The molecule has 0 aliphatic rings. The van der Waals surface area contributed by atoms with E-state index >= 15 is 0 Å². The third kappa shape index (κ3) is 5.60. The van der Waals surface area contributed by atoms with Gasteiger partial charge in [0.15, 0.2) is 5.96 Å². The molecule has 2 aromatic carbocycles. The number of hydrogen-bond acceptors (Lipinski definition) is 3. The minimum atomic E-state index is 0. The molecule has 28 heavy (non-hydrogen) atoms. The highest BCUT2D eigenvalue weighted by Gasteiger charge is 2.06. The summed E-state index contributed by atoms with van der Waals surface area (Å²) in [5.41, 5.74) is 3.47. The summed E-state index contributed by atoms with van der Waals surface area (Å²) >= 11 is 0. The number of aryl methyl sites for hydroxylation is 1. The van der Waals surface area contributed by atoms with Crippen LogP contribution in [0.1, 0.15) is 11.4 Å². The summed E-state index contributed by atoms with van der Waals surface area (Å²) in [5.74, 6) is 2.72. The molecule has 6 nitrogen and oxygen atoms in total. The van der Waals surface area contributed by atoms with Crippen molar-refractivity contribution in [3.05, 3.63) is 59.9 Å². The Balaban J connectivity index is 0.00000280. The molecule has 0 amide bonds. The highest BCUT2D eigenvalue weighted by atomic mass is 127. The van der Waals surface area contributed by atoms with E-state index in [0.717, 1.165) is 49.1 Å². The van der Waals surface area contributed by atoms with Crippen LogP contribution in [0.4, 0.5) is 0 Å². The van der Waals surface area contributed by atoms with Crippen LogP contribution in [0.2, 0.25) is 0 Å². The predicted molar refractivity (Wildman–Crippen MR) is 126 cm³/mol. The van der Waals surface area contributed by atoms with Crippen molar-refractivity contribution in [2.75, 3.05) is 27.2 Å².